The molecule has 0 spiro atoms. The van der Waals surface area contributed by atoms with Crippen molar-refractivity contribution in [2.24, 2.45) is 5.92 Å². The molecule has 0 radical (unpaired) electrons. The van der Waals surface area contributed by atoms with Crippen molar-refractivity contribution in [3.8, 4) is 0 Å². The number of rotatable bonds is 6. The van der Waals surface area contributed by atoms with E-state index in [9.17, 15) is 9.59 Å². The molecule has 0 atom stereocenters. The maximum atomic E-state index is 11.5. The van der Waals surface area contributed by atoms with Crippen LogP contribution in [0.15, 0.2) is 29.2 Å². The molecule has 1 aromatic rings. The molecule has 4 nitrogen and oxygen atoms in total. The van der Waals surface area contributed by atoms with Gasteiger partial charge in [0.15, 0.2) is 0 Å². The van der Waals surface area contributed by atoms with Crippen LogP contribution < -0.4 is 5.32 Å². The van der Waals surface area contributed by atoms with Crippen LogP contribution in [0.1, 0.15) is 24.2 Å². The molecule has 0 aliphatic rings. The monoisotopic (exact) mass is 267 g/mol. The first-order chi connectivity index (χ1) is 8.49. The normalized spacial score (nSPS) is 10.4. The van der Waals surface area contributed by atoms with E-state index in [0.717, 1.165) is 4.90 Å². The Hall–Kier alpha value is -1.49. The molecule has 0 aliphatic carbocycles. The highest BCUT2D eigenvalue weighted by molar-refractivity contribution is 8.00. The van der Waals surface area contributed by atoms with E-state index >= 15 is 0 Å². The molecule has 0 fully saturated rings. The number of nitrogens with one attached hydrogen (secondary N) is 1. The van der Waals surface area contributed by atoms with Crippen molar-refractivity contribution in [2.45, 2.75) is 18.7 Å². The zero-order valence-electron chi connectivity index (χ0n) is 10.5. The zero-order chi connectivity index (χ0) is 13.5. The van der Waals surface area contributed by atoms with Crippen LogP contribution in [0.25, 0.3) is 0 Å². The van der Waals surface area contributed by atoms with Gasteiger partial charge in [0.05, 0.1) is 11.3 Å². The van der Waals surface area contributed by atoms with Crippen molar-refractivity contribution in [3.63, 3.8) is 0 Å². The molecule has 0 bridgehead atoms. The SMILES string of the molecule is CC(C)CNC(=O)CSc1ccc(C(=O)O)cc1. The number of carbonyl (C=O) groups is 2. The second-order valence-electron chi connectivity index (χ2n) is 4.32. The number of carbonyl (C=O) groups excluding carboxylic acids is 1. The Balaban J connectivity index is 2.39. The van der Waals surface area contributed by atoms with E-state index in [1.807, 2.05) is 13.8 Å². The molecule has 98 valence electrons. The summed E-state index contributed by atoms with van der Waals surface area (Å²) in [6.45, 7) is 4.76. The third-order valence-electron chi connectivity index (χ3n) is 2.18. The first kappa shape index (κ1) is 14.6. The molecule has 1 amide bonds. The number of aromatic carboxylic acids is 1. The smallest absolute Gasteiger partial charge is 0.335 e. The van der Waals surface area contributed by atoms with Gasteiger partial charge in [-0.2, -0.15) is 0 Å². The molecule has 2 N–H and O–H groups in total. The van der Waals surface area contributed by atoms with Gasteiger partial charge < -0.3 is 10.4 Å². The van der Waals surface area contributed by atoms with Crippen molar-refractivity contribution in [1.29, 1.82) is 0 Å². The molecule has 18 heavy (non-hydrogen) atoms. The summed E-state index contributed by atoms with van der Waals surface area (Å²) in [7, 11) is 0. The predicted octanol–water partition coefficient (Wildman–Crippen LogP) is 2.25. The van der Waals surface area contributed by atoms with E-state index in [-0.39, 0.29) is 11.5 Å². The molecular formula is C13H17NO3S. The third-order valence-corrected chi connectivity index (χ3v) is 3.19. The highest BCUT2D eigenvalue weighted by atomic mass is 32.2. The van der Waals surface area contributed by atoms with Gasteiger partial charge in [-0.1, -0.05) is 13.8 Å². The van der Waals surface area contributed by atoms with E-state index in [1.165, 1.54) is 23.9 Å². The van der Waals surface area contributed by atoms with Gasteiger partial charge in [-0.25, -0.2) is 4.79 Å². The second-order valence-corrected chi connectivity index (χ2v) is 5.36. The molecule has 0 saturated heterocycles. The lowest BCUT2D eigenvalue weighted by molar-refractivity contribution is -0.118. The summed E-state index contributed by atoms with van der Waals surface area (Å²) in [5, 5.41) is 11.6. The second kappa shape index (κ2) is 7.06. The number of hydrogen-bond donors (Lipinski definition) is 2. The standard InChI is InChI=1S/C13H17NO3S/c1-9(2)7-14-12(15)8-18-11-5-3-10(4-6-11)13(16)17/h3-6,9H,7-8H2,1-2H3,(H,14,15)(H,16,17). The summed E-state index contributed by atoms with van der Waals surface area (Å²) in [4.78, 5) is 23.0. The Morgan fingerprint density at radius 2 is 1.89 bits per heavy atom. The molecule has 5 heteroatoms. The predicted molar refractivity (Wildman–Crippen MR) is 72.0 cm³/mol. The molecule has 0 saturated carbocycles. The van der Waals surface area contributed by atoms with Gasteiger partial charge in [0.25, 0.3) is 0 Å². The van der Waals surface area contributed by atoms with Crippen molar-refractivity contribution < 1.29 is 14.7 Å². The number of carboxylic acid groups (broad SMARTS) is 1. The van der Waals surface area contributed by atoms with Gasteiger partial charge in [0.2, 0.25) is 5.91 Å². The Morgan fingerprint density at radius 3 is 2.39 bits per heavy atom. The van der Waals surface area contributed by atoms with Crippen molar-refractivity contribution in [2.75, 3.05) is 12.3 Å². The van der Waals surface area contributed by atoms with Crippen LogP contribution in [-0.2, 0) is 4.79 Å². The maximum absolute atomic E-state index is 11.5. The summed E-state index contributed by atoms with van der Waals surface area (Å²) < 4.78 is 0. The lowest BCUT2D eigenvalue weighted by Crippen LogP contribution is -2.28. The molecule has 1 aromatic carbocycles. The van der Waals surface area contributed by atoms with Crippen LogP contribution in [0.2, 0.25) is 0 Å². The molecule has 0 unspecified atom stereocenters. The number of carboxylic acids is 1. The Labute approximate surface area is 111 Å². The lowest BCUT2D eigenvalue weighted by Gasteiger charge is -2.07. The zero-order valence-corrected chi connectivity index (χ0v) is 11.3. The fourth-order valence-corrected chi connectivity index (χ4v) is 1.94. The highest BCUT2D eigenvalue weighted by Gasteiger charge is 2.05. The minimum absolute atomic E-state index is 0.00369. The quantitative estimate of drug-likeness (QED) is 0.776. The van der Waals surface area contributed by atoms with E-state index in [2.05, 4.69) is 5.32 Å². The summed E-state index contributed by atoms with van der Waals surface area (Å²) >= 11 is 1.40. The molecular weight excluding hydrogens is 250 g/mol. The largest absolute Gasteiger partial charge is 0.478 e. The first-order valence-corrected chi connectivity index (χ1v) is 6.70. The third kappa shape index (κ3) is 5.23. The van der Waals surface area contributed by atoms with Gasteiger partial charge in [-0.3, -0.25) is 4.79 Å². The van der Waals surface area contributed by atoms with E-state index < -0.39 is 5.97 Å². The number of amides is 1. The molecule has 0 aliphatic heterocycles. The average Bonchev–Trinajstić information content (AvgIpc) is 2.34. The Morgan fingerprint density at radius 1 is 1.28 bits per heavy atom. The van der Waals surface area contributed by atoms with Gasteiger partial charge in [0, 0.05) is 11.4 Å². The van der Waals surface area contributed by atoms with Gasteiger partial charge in [-0.05, 0) is 30.2 Å². The van der Waals surface area contributed by atoms with Gasteiger partial charge in [-0.15, -0.1) is 11.8 Å². The summed E-state index contributed by atoms with van der Waals surface area (Å²) in [6, 6.07) is 6.50. The van der Waals surface area contributed by atoms with E-state index in [4.69, 9.17) is 5.11 Å². The van der Waals surface area contributed by atoms with Crippen LogP contribution in [0.5, 0.6) is 0 Å². The fraction of sp³-hybridized carbons (Fsp3) is 0.385. The summed E-state index contributed by atoms with van der Waals surface area (Å²) in [5.74, 6) is -0.162. The molecule has 1 rings (SSSR count). The van der Waals surface area contributed by atoms with Crippen LogP contribution in [0.3, 0.4) is 0 Å². The van der Waals surface area contributed by atoms with Crippen LogP contribution >= 0.6 is 11.8 Å². The summed E-state index contributed by atoms with van der Waals surface area (Å²) in [5.41, 5.74) is 0.253. The number of thioether (sulfide) groups is 1. The number of hydrogen-bond acceptors (Lipinski definition) is 3. The van der Waals surface area contributed by atoms with E-state index in [1.54, 1.807) is 12.1 Å². The summed E-state index contributed by atoms with van der Waals surface area (Å²) in [6.07, 6.45) is 0. The van der Waals surface area contributed by atoms with Crippen molar-refractivity contribution >= 4 is 23.6 Å². The van der Waals surface area contributed by atoms with Gasteiger partial charge in [0.1, 0.15) is 0 Å². The Kier molecular flexibility index (Phi) is 5.71. The van der Waals surface area contributed by atoms with Crippen LogP contribution in [0, 0.1) is 5.92 Å². The van der Waals surface area contributed by atoms with Crippen molar-refractivity contribution in [1.82, 2.24) is 5.32 Å². The van der Waals surface area contributed by atoms with E-state index in [0.29, 0.717) is 18.2 Å². The average molecular weight is 267 g/mol. The first-order valence-electron chi connectivity index (χ1n) is 5.72. The number of benzene rings is 1. The van der Waals surface area contributed by atoms with Crippen LogP contribution in [0.4, 0.5) is 0 Å². The lowest BCUT2D eigenvalue weighted by atomic mass is 10.2. The molecule has 0 aromatic heterocycles. The maximum Gasteiger partial charge on any atom is 0.335 e. The minimum atomic E-state index is -0.943. The topological polar surface area (TPSA) is 66.4 Å². The Bertz CT molecular complexity index is 415. The van der Waals surface area contributed by atoms with Crippen molar-refractivity contribution in [3.05, 3.63) is 29.8 Å². The van der Waals surface area contributed by atoms with Gasteiger partial charge >= 0.3 is 5.97 Å². The minimum Gasteiger partial charge on any atom is -0.478 e. The van der Waals surface area contributed by atoms with Crippen LogP contribution in [-0.4, -0.2) is 29.3 Å². The molecule has 0 heterocycles. The highest BCUT2D eigenvalue weighted by Crippen LogP contribution is 2.18. The fourth-order valence-electron chi connectivity index (χ4n) is 1.21.